The Kier molecular flexibility index (Phi) is 5.98. The average Bonchev–Trinajstić information content (AvgIpc) is 2.26. The zero-order valence-corrected chi connectivity index (χ0v) is 12.2. The Balaban J connectivity index is 4.73. The van der Waals surface area contributed by atoms with Crippen LogP contribution in [0.15, 0.2) is 12.2 Å². The summed E-state index contributed by atoms with van der Waals surface area (Å²) in [7, 11) is -3.09. The van der Waals surface area contributed by atoms with E-state index in [1.54, 1.807) is 20.8 Å². The fourth-order valence-corrected chi connectivity index (χ4v) is 1.53. The largest absolute Gasteiger partial charge is 0.454 e. The van der Waals surface area contributed by atoms with E-state index >= 15 is 0 Å². The van der Waals surface area contributed by atoms with Gasteiger partial charge in [0.25, 0.3) is 0 Å². The molecule has 0 aromatic rings. The van der Waals surface area contributed by atoms with Gasteiger partial charge in [0.2, 0.25) is 0 Å². The topological polar surface area (TPSA) is 78.9 Å². The quantitative estimate of drug-likeness (QED) is 0.520. The summed E-state index contributed by atoms with van der Waals surface area (Å²) in [6, 6.07) is 0. The van der Waals surface area contributed by atoms with Crippen molar-refractivity contribution in [3.63, 3.8) is 0 Å². The van der Waals surface area contributed by atoms with Crippen molar-refractivity contribution < 1.29 is 26.3 Å². The number of hydrogen-bond acceptors (Lipinski definition) is 6. The first-order valence-electron chi connectivity index (χ1n) is 5.45. The van der Waals surface area contributed by atoms with Crippen LogP contribution < -0.4 is 0 Å². The van der Waals surface area contributed by atoms with Crippen LogP contribution in [0, 0.1) is 0 Å². The Morgan fingerprint density at radius 1 is 1.39 bits per heavy atom. The molecule has 6 nitrogen and oxygen atoms in total. The van der Waals surface area contributed by atoms with E-state index in [4.69, 9.17) is 8.92 Å². The maximum atomic E-state index is 11.6. The van der Waals surface area contributed by atoms with Gasteiger partial charge in [-0.1, -0.05) is 13.5 Å². The van der Waals surface area contributed by atoms with Crippen LogP contribution in [0.4, 0.5) is 0 Å². The summed E-state index contributed by atoms with van der Waals surface area (Å²) >= 11 is 0. The molecule has 1 unspecified atom stereocenters. The molecule has 0 heterocycles. The molecule has 0 aliphatic carbocycles. The summed E-state index contributed by atoms with van der Waals surface area (Å²) in [5, 5.41) is 0. The second-order valence-corrected chi connectivity index (χ2v) is 5.61. The molecule has 0 amide bonds. The zero-order valence-electron chi connectivity index (χ0n) is 11.3. The molecular weight excluding hydrogens is 260 g/mol. The van der Waals surface area contributed by atoms with Crippen molar-refractivity contribution in [1.29, 1.82) is 0 Å². The van der Waals surface area contributed by atoms with E-state index in [0.717, 1.165) is 7.11 Å². The summed E-state index contributed by atoms with van der Waals surface area (Å²) < 4.78 is 36.3. The van der Waals surface area contributed by atoms with Crippen molar-refractivity contribution in [2.24, 2.45) is 0 Å². The highest BCUT2D eigenvalue weighted by molar-refractivity contribution is 7.81. The van der Waals surface area contributed by atoms with E-state index in [9.17, 15) is 13.2 Å². The third kappa shape index (κ3) is 5.16. The zero-order chi connectivity index (χ0) is 14.6. The van der Waals surface area contributed by atoms with E-state index in [-0.39, 0.29) is 0 Å². The van der Waals surface area contributed by atoms with Gasteiger partial charge in [-0.25, -0.2) is 8.98 Å². The van der Waals surface area contributed by atoms with Gasteiger partial charge in [0.15, 0.2) is 0 Å². The van der Waals surface area contributed by atoms with Crippen molar-refractivity contribution in [3.05, 3.63) is 12.2 Å². The molecule has 0 saturated heterocycles. The van der Waals surface area contributed by atoms with E-state index in [1.165, 1.54) is 6.92 Å². The highest BCUT2D eigenvalue weighted by Gasteiger charge is 2.34. The van der Waals surface area contributed by atoms with Gasteiger partial charge in [0.05, 0.1) is 7.11 Å². The first-order valence-corrected chi connectivity index (χ1v) is 6.79. The van der Waals surface area contributed by atoms with Crippen LogP contribution in [0.1, 0.15) is 34.1 Å². The lowest BCUT2D eigenvalue weighted by molar-refractivity contribution is -0.160. The van der Waals surface area contributed by atoms with E-state index in [1.807, 2.05) is 0 Å². The minimum absolute atomic E-state index is 0.310. The SMILES string of the molecule is C=C(CC)C(=O)OC(C)(C)C(C)OS(=O)(=O)OC. The molecule has 0 radical (unpaired) electrons. The molecule has 0 aliphatic heterocycles. The molecule has 0 saturated carbocycles. The molecule has 0 rings (SSSR count). The fraction of sp³-hybridized carbons (Fsp3) is 0.727. The number of rotatable bonds is 7. The number of hydrogen-bond donors (Lipinski definition) is 0. The standard InChI is InChI=1S/C11H20O6S/c1-7-8(2)10(12)16-11(4,5)9(3)17-18(13,14)15-6/h9H,2,7H2,1,3-6H3. The first-order chi connectivity index (χ1) is 8.05. The molecule has 106 valence electrons. The van der Waals surface area contributed by atoms with Gasteiger partial charge in [0, 0.05) is 5.57 Å². The summed E-state index contributed by atoms with van der Waals surface area (Å²) in [5.74, 6) is -0.576. The lowest BCUT2D eigenvalue weighted by Crippen LogP contribution is -2.42. The third-order valence-electron chi connectivity index (χ3n) is 2.52. The molecule has 1 atom stereocenters. The van der Waals surface area contributed by atoms with Crippen LogP contribution in [0.25, 0.3) is 0 Å². The van der Waals surface area contributed by atoms with Crippen molar-refractivity contribution in [2.45, 2.75) is 45.8 Å². The van der Waals surface area contributed by atoms with Crippen molar-refractivity contribution in [2.75, 3.05) is 7.11 Å². The van der Waals surface area contributed by atoms with Gasteiger partial charge in [-0.2, -0.15) is 8.42 Å². The Labute approximate surface area is 108 Å². The van der Waals surface area contributed by atoms with Crippen molar-refractivity contribution >= 4 is 16.4 Å². The predicted molar refractivity (Wildman–Crippen MR) is 66.1 cm³/mol. The Hall–Kier alpha value is -0.920. The lowest BCUT2D eigenvalue weighted by atomic mass is 10.0. The van der Waals surface area contributed by atoms with E-state index < -0.39 is 28.1 Å². The van der Waals surface area contributed by atoms with Gasteiger partial charge in [-0.3, -0.25) is 4.18 Å². The Morgan fingerprint density at radius 2 is 1.89 bits per heavy atom. The van der Waals surface area contributed by atoms with Crippen molar-refractivity contribution in [3.8, 4) is 0 Å². The molecule has 7 heteroatoms. The molecule has 0 aromatic carbocycles. The van der Waals surface area contributed by atoms with Gasteiger partial charge in [-0.05, 0) is 27.2 Å². The maximum absolute atomic E-state index is 11.6. The normalized spacial score (nSPS) is 14.1. The lowest BCUT2D eigenvalue weighted by Gasteiger charge is -2.30. The summed E-state index contributed by atoms with van der Waals surface area (Å²) in [6.45, 7) is 9.88. The highest BCUT2D eigenvalue weighted by atomic mass is 32.3. The molecule has 0 N–H and O–H groups in total. The van der Waals surface area contributed by atoms with Gasteiger partial charge >= 0.3 is 16.4 Å². The van der Waals surface area contributed by atoms with Crippen LogP contribution in [-0.4, -0.2) is 33.2 Å². The average molecular weight is 280 g/mol. The van der Waals surface area contributed by atoms with Crippen LogP contribution in [0.2, 0.25) is 0 Å². The number of carbonyl (C=O) groups is 1. The first kappa shape index (κ1) is 17.1. The second-order valence-electron chi connectivity index (χ2n) is 4.26. The molecule has 0 spiro atoms. The molecule has 0 aliphatic rings. The summed E-state index contributed by atoms with van der Waals surface area (Å²) in [4.78, 5) is 11.6. The number of ether oxygens (including phenoxy) is 1. The Bertz CT molecular complexity index is 409. The summed E-state index contributed by atoms with van der Waals surface area (Å²) in [5.41, 5.74) is -0.814. The third-order valence-corrected chi connectivity index (χ3v) is 3.45. The maximum Gasteiger partial charge on any atom is 0.399 e. The van der Waals surface area contributed by atoms with Gasteiger partial charge in [0.1, 0.15) is 11.7 Å². The molecule has 0 bridgehead atoms. The predicted octanol–water partition coefficient (Wildman–Crippen LogP) is 1.57. The number of esters is 1. The second kappa shape index (κ2) is 6.31. The van der Waals surface area contributed by atoms with Crippen LogP contribution >= 0.6 is 0 Å². The molecule has 0 aromatic heterocycles. The number of carbonyl (C=O) groups excluding carboxylic acids is 1. The van der Waals surface area contributed by atoms with Crippen LogP contribution in [0.3, 0.4) is 0 Å². The molecular formula is C11H20O6S. The van der Waals surface area contributed by atoms with Gasteiger partial charge < -0.3 is 4.74 Å². The minimum Gasteiger partial charge on any atom is -0.454 e. The van der Waals surface area contributed by atoms with Crippen LogP contribution in [0.5, 0.6) is 0 Å². The fourth-order valence-electron chi connectivity index (χ4n) is 0.870. The Morgan fingerprint density at radius 3 is 2.28 bits per heavy atom. The highest BCUT2D eigenvalue weighted by Crippen LogP contribution is 2.21. The summed E-state index contributed by atoms with van der Waals surface area (Å²) in [6.07, 6.45) is -0.434. The van der Waals surface area contributed by atoms with E-state index in [2.05, 4.69) is 10.8 Å². The van der Waals surface area contributed by atoms with Crippen molar-refractivity contribution in [1.82, 2.24) is 0 Å². The molecule has 18 heavy (non-hydrogen) atoms. The van der Waals surface area contributed by atoms with Crippen LogP contribution in [-0.2, 0) is 28.3 Å². The van der Waals surface area contributed by atoms with Gasteiger partial charge in [-0.15, -0.1) is 0 Å². The smallest absolute Gasteiger partial charge is 0.399 e. The van der Waals surface area contributed by atoms with E-state index in [0.29, 0.717) is 12.0 Å². The minimum atomic E-state index is -4.08. The molecule has 0 fully saturated rings. The monoisotopic (exact) mass is 280 g/mol.